The summed E-state index contributed by atoms with van der Waals surface area (Å²) in [5.74, 6) is -8.86. The molecule has 112 valence electrons. The Morgan fingerprint density at radius 1 is 0.800 bits per heavy atom. The molecule has 1 aromatic carbocycles. The quantitative estimate of drug-likeness (QED) is 0.544. The summed E-state index contributed by atoms with van der Waals surface area (Å²) in [5.41, 5.74) is -1.99. The average molecular weight is 309 g/mol. The van der Waals surface area contributed by atoms with Gasteiger partial charge in [0.25, 0.3) is 5.97 Å². The Morgan fingerprint density at radius 3 is 1.60 bits per heavy atom. The number of benzene rings is 1. The van der Waals surface area contributed by atoms with Crippen LogP contribution in [0.15, 0.2) is 29.3 Å². The summed E-state index contributed by atoms with van der Waals surface area (Å²) in [7, 11) is 0. The maximum Gasteiger partial charge on any atom is 0.462 e. The summed E-state index contributed by atoms with van der Waals surface area (Å²) in [5, 5.41) is 0. The summed E-state index contributed by atoms with van der Waals surface area (Å²) in [6.45, 7) is 0. The van der Waals surface area contributed by atoms with Gasteiger partial charge in [0.05, 0.1) is 11.3 Å². The van der Waals surface area contributed by atoms with Crippen molar-refractivity contribution in [2.24, 2.45) is 4.99 Å². The topological polar surface area (TPSA) is 12.4 Å². The third-order valence-electron chi connectivity index (χ3n) is 2.04. The van der Waals surface area contributed by atoms with E-state index in [1.165, 1.54) is 0 Å². The molecule has 0 spiro atoms. The minimum Gasteiger partial charge on any atom is -0.218 e. The number of aliphatic imine (C=N–C) groups is 1. The van der Waals surface area contributed by atoms with E-state index in [-0.39, 0.29) is 0 Å². The Hall–Kier alpha value is -1.74. The number of hydrogen-bond donors (Lipinski definition) is 0. The van der Waals surface area contributed by atoms with Gasteiger partial charge in [-0.2, -0.15) is 39.5 Å². The van der Waals surface area contributed by atoms with Crippen molar-refractivity contribution in [1.29, 1.82) is 0 Å². The van der Waals surface area contributed by atoms with Crippen LogP contribution >= 0.6 is 0 Å². The van der Waals surface area contributed by atoms with Crippen LogP contribution in [-0.4, -0.2) is 18.1 Å². The minimum absolute atomic E-state index is 0.373. The summed E-state index contributed by atoms with van der Waals surface area (Å²) in [4.78, 5) is 2.33. The van der Waals surface area contributed by atoms with E-state index in [1.54, 1.807) is 0 Å². The number of nitrogens with zero attached hydrogens (tertiary/aromatic N) is 1. The van der Waals surface area contributed by atoms with Crippen molar-refractivity contribution < 1.29 is 39.5 Å². The van der Waals surface area contributed by atoms with Crippen LogP contribution in [0.25, 0.3) is 0 Å². The van der Waals surface area contributed by atoms with E-state index in [2.05, 4.69) is 4.99 Å². The molecule has 1 rings (SSSR count). The van der Waals surface area contributed by atoms with E-state index in [0.717, 1.165) is 0 Å². The fourth-order valence-electron chi connectivity index (χ4n) is 1.03. The van der Waals surface area contributed by atoms with Crippen LogP contribution in [0.4, 0.5) is 45.2 Å². The predicted octanol–water partition coefficient (Wildman–Crippen LogP) is 4.90. The molecule has 0 heterocycles. The molecule has 0 fully saturated rings. The third kappa shape index (κ3) is 3.42. The number of halogens is 9. The molecule has 0 aliphatic heterocycles. The number of hydrogen-bond acceptors (Lipinski definition) is 1. The third-order valence-corrected chi connectivity index (χ3v) is 2.04. The van der Waals surface area contributed by atoms with Crippen molar-refractivity contribution in [1.82, 2.24) is 0 Å². The van der Waals surface area contributed by atoms with Gasteiger partial charge in [-0.05, 0) is 24.3 Å². The second kappa shape index (κ2) is 4.98. The van der Waals surface area contributed by atoms with Gasteiger partial charge in [0.15, 0.2) is 0 Å². The van der Waals surface area contributed by atoms with Crippen LogP contribution in [0.1, 0.15) is 5.56 Å². The lowest BCUT2D eigenvalue weighted by Gasteiger charge is -2.16. The minimum atomic E-state index is -6.19. The van der Waals surface area contributed by atoms with Crippen LogP contribution in [-0.2, 0) is 6.18 Å². The zero-order valence-electron chi connectivity index (χ0n) is 9.16. The molecule has 0 saturated carbocycles. The van der Waals surface area contributed by atoms with Gasteiger partial charge in [0.2, 0.25) is 0 Å². The molecule has 0 radical (unpaired) electrons. The zero-order valence-corrected chi connectivity index (χ0v) is 9.16. The van der Waals surface area contributed by atoms with Crippen molar-refractivity contribution in [3.05, 3.63) is 29.8 Å². The first-order chi connectivity index (χ1) is 8.85. The van der Waals surface area contributed by atoms with Crippen molar-refractivity contribution >= 4 is 11.7 Å². The molecule has 0 N–H and O–H groups in total. The van der Waals surface area contributed by atoms with Gasteiger partial charge in [-0.15, -0.1) is 0 Å². The molecule has 0 aromatic heterocycles. The fraction of sp³-hybridized carbons (Fsp3) is 0.300. The molecule has 0 amide bonds. The zero-order chi connectivity index (χ0) is 15.8. The first-order valence-corrected chi connectivity index (χ1v) is 4.72. The van der Waals surface area contributed by atoms with Crippen molar-refractivity contribution in [3.63, 3.8) is 0 Å². The van der Waals surface area contributed by atoms with E-state index in [4.69, 9.17) is 0 Å². The Labute approximate surface area is 105 Å². The molecule has 0 aliphatic carbocycles. The van der Waals surface area contributed by atoms with Crippen molar-refractivity contribution in [2.75, 3.05) is 0 Å². The maximum atomic E-state index is 12.8. The SMILES string of the molecule is FC(=Nc1ccc(C(F)(F)F)cc1)C(F)(F)C(F)(F)F. The molecule has 0 unspecified atom stereocenters. The van der Waals surface area contributed by atoms with Crippen LogP contribution in [0.3, 0.4) is 0 Å². The van der Waals surface area contributed by atoms with Gasteiger partial charge in [0.1, 0.15) is 0 Å². The van der Waals surface area contributed by atoms with Gasteiger partial charge in [-0.3, -0.25) is 0 Å². The average Bonchev–Trinajstić information content (AvgIpc) is 2.26. The first kappa shape index (κ1) is 16.3. The Bertz CT molecular complexity index is 495. The molecule has 0 bridgehead atoms. The van der Waals surface area contributed by atoms with Gasteiger partial charge in [0, 0.05) is 0 Å². The highest BCUT2D eigenvalue weighted by Crippen LogP contribution is 2.38. The summed E-state index contributed by atoms with van der Waals surface area (Å²) in [6.07, 6.45) is -10.9. The van der Waals surface area contributed by atoms with Crippen molar-refractivity contribution in [2.45, 2.75) is 18.3 Å². The molecule has 10 heteroatoms. The van der Waals surface area contributed by atoms with Crippen molar-refractivity contribution in [3.8, 4) is 0 Å². The monoisotopic (exact) mass is 309 g/mol. The van der Waals surface area contributed by atoms with Gasteiger partial charge < -0.3 is 0 Å². The summed E-state index contributed by atoms with van der Waals surface area (Å²) >= 11 is 0. The predicted molar refractivity (Wildman–Crippen MR) is 50.6 cm³/mol. The lowest BCUT2D eigenvalue weighted by Crippen LogP contribution is -2.42. The Morgan fingerprint density at radius 2 is 1.25 bits per heavy atom. The molecule has 20 heavy (non-hydrogen) atoms. The Balaban J connectivity index is 3.07. The summed E-state index contributed by atoms with van der Waals surface area (Å²) in [6, 6.07) is 1.68. The van der Waals surface area contributed by atoms with Crippen LogP contribution in [0.2, 0.25) is 0 Å². The molecular formula is C10H4F9N. The first-order valence-electron chi connectivity index (χ1n) is 4.72. The van der Waals surface area contributed by atoms with E-state index < -0.39 is 35.5 Å². The lowest BCUT2D eigenvalue weighted by atomic mass is 10.2. The molecular weight excluding hydrogens is 305 g/mol. The second-order valence-corrected chi connectivity index (χ2v) is 3.52. The molecule has 1 aromatic rings. The highest BCUT2D eigenvalue weighted by molar-refractivity contribution is 5.85. The van der Waals surface area contributed by atoms with E-state index in [9.17, 15) is 39.5 Å². The van der Waals surface area contributed by atoms with Crippen LogP contribution < -0.4 is 0 Å². The van der Waals surface area contributed by atoms with E-state index >= 15 is 0 Å². The molecule has 1 nitrogen and oxygen atoms in total. The van der Waals surface area contributed by atoms with Gasteiger partial charge in [-0.25, -0.2) is 4.99 Å². The molecule has 0 saturated heterocycles. The number of rotatable bonds is 2. The van der Waals surface area contributed by atoms with Gasteiger partial charge in [-0.1, -0.05) is 0 Å². The lowest BCUT2D eigenvalue weighted by molar-refractivity contribution is -0.252. The van der Waals surface area contributed by atoms with Crippen LogP contribution in [0.5, 0.6) is 0 Å². The maximum absolute atomic E-state index is 12.8. The molecule has 0 aliphatic rings. The molecule has 0 atom stereocenters. The second-order valence-electron chi connectivity index (χ2n) is 3.52. The smallest absolute Gasteiger partial charge is 0.218 e. The van der Waals surface area contributed by atoms with E-state index in [1.807, 2.05) is 0 Å². The highest BCUT2D eigenvalue weighted by atomic mass is 19.4. The van der Waals surface area contributed by atoms with Gasteiger partial charge >= 0.3 is 18.3 Å². The largest absolute Gasteiger partial charge is 0.462 e. The standard InChI is InChI=1S/C10H4F9N/c11-7(8(12,13)10(17,18)19)20-6-3-1-5(2-4-6)9(14,15)16/h1-4H. The number of alkyl halides is 8. The summed E-state index contributed by atoms with van der Waals surface area (Å²) < 4.78 is 109. The van der Waals surface area contributed by atoms with Crippen LogP contribution in [0, 0.1) is 0 Å². The highest BCUT2D eigenvalue weighted by Gasteiger charge is 2.62. The van der Waals surface area contributed by atoms with E-state index in [0.29, 0.717) is 24.3 Å². The Kier molecular flexibility index (Phi) is 4.07. The normalized spacial score (nSPS) is 14.6. The fourth-order valence-corrected chi connectivity index (χ4v) is 1.03.